The van der Waals surface area contributed by atoms with Crippen LogP contribution in [0.15, 0.2) is 47.6 Å². The van der Waals surface area contributed by atoms with Gasteiger partial charge in [-0.15, -0.1) is 0 Å². The molecule has 0 spiro atoms. The van der Waals surface area contributed by atoms with E-state index in [-0.39, 0.29) is 4.90 Å². The third-order valence-electron chi connectivity index (χ3n) is 2.47. The van der Waals surface area contributed by atoms with E-state index in [1.807, 2.05) is 13.0 Å². The highest BCUT2D eigenvalue weighted by atomic mass is 35.7. The van der Waals surface area contributed by atoms with E-state index in [1.54, 1.807) is 24.5 Å². The molecule has 0 aliphatic rings. The van der Waals surface area contributed by atoms with E-state index in [0.717, 1.165) is 16.7 Å². The Bertz CT molecular complexity index is 636. The first-order valence-corrected chi connectivity index (χ1v) is 7.25. The number of halogens is 1. The van der Waals surface area contributed by atoms with Gasteiger partial charge in [0.05, 0.1) is 4.90 Å². The summed E-state index contributed by atoms with van der Waals surface area (Å²) >= 11 is 0. The molecule has 0 aliphatic carbocycles. The number of hydrogen-bond acceptors (Lipinski definition) is 3. The van der Waals surface area contributed by atoms with E-state index in [1.165, 1.54) is 12.1 Å². The molecule has 1 aromatic heterocycles. The van der Waals surface area contributed by atoms with E-state index in [9.17, 15) is 8.42 Å². The number of hydrogen-bond donors (Lipinski definition) is 0. The van der Waals surface area contributed by atoms with Gasteiger partial charge in [-0.1, -0.05) is 12.1 Å². The van der Waals surface area contributed by atoms with Crippen LogP contribution in [0, 0.1) is 6.92 Å². The first-order valence-electron chi connectivity index (χ1n) is 4.94. The van der Waals surface area contributed by atoms with Crippen LogP contribution < -0.4 is 0 Å². The van der Waals surface area contributed by atoms with E-state index in [0.29, 0.717) is 0 Å². The number of benzene rings is 1. The third kappa shape index (κ3) is 2.65. The second-order valence-corrected chi connectivity index (χ2v) is 6.22. The van der Waals surface area contributed by atoms with Crippen molar-refractivity contribution in [2.24, 2.45) is 0 Å². The molecular weight excluding hydrogens is 258 g/mol. The van der Waals surface area contributed by atoms with Crippen molar-refractivity contribution < 1.29 is 8.42 Å². The third-order valence-corrected chi connectivity index (χ3v) is 3.84. The number of aryl methyl sites for hydroxylation is 1. The molecular formula is C12H10ClNO2S. The largest absolute Gasteiger partial charge is 0.264 e. The lowest BCUT2D eigenvalue weighted by Gasteiger charge is -2.05. The van der Waals surface area contributed by atoms with Crippen molar-refractivity contribution in [2.45, 2.75) is 11.8 Å². The molecule has 3 nitrogen and oxygen atoms in total. The zero-order valence-corrected chi connectivity index (χ0v) is 10.7. The summed E-state index contributed by atoms with van der Waals surface area (Å²) in [5, 5.41) is 0. The molecule has 17 heavy (non-hydrogen) atoms. The van der Waals surface area contributed by atoms with Crippen LogP contribution in [-0.4, -0.2) is 13.4 Å². The topological polar surface area (TPSA) is 47.0 Å². The van der Waals surface area contributed by atoms with Crippen molar-refractivity contribution in [1.82, 2.24) is 4.98 Å². The fourth-order valence-corrected chi connectivity index (χ4v) is 2.36. The van der Waals surface area contributed by atoms with E-state index < -0.39 is 9.05 Å². The quantitative estimate of drug-likeness (QED) is 0.786. The maximum Gasteiger partial charge on any atom is 0.261 e. The summed E-state index contributed by atoms with van der Waals surface area (Å²) in [6.07, 6.45) is 3.47. The normalized spacial score (nSPS) is 11.4. The van der Waals surface area contributed by atoms with Crippen molar-refractivity contribution in [1.29, 1.82) is 0 Å². The molecule has 0 unspecified atom stereocenters. The molecule has 0 saturated carbocycles. The van der Waals surface area contributed by atoms with Gasteiger partial charge in [-0.25, -0.2) is 8.42 Å². The highest BCUT2D eigenvalue weighted by molar-refractivity contribution is 8.13. The number of aromatic nitrogens is 1. The Balaban J connectivity index is 2.47. The minimum absolute atomic E-state index is 0.106. The van der Waals surface area contributed by atoms with Crippen molar-refractivity contribution in [3.05, 3.63) is 48.3 Å². The lowest BCUT2D eigenvalue weighted by molar-refractivity contribution is 0.609. The Morgan fingerprint density at radius 1 is 1.12 bits per heavy atom. The standard InChI is InChI=1S/C12H10ClNO2S/c1-9-8-14-7-6-12(9)10-2-4-11(5-3-10)17(13,15)16/h2-8H,1H3. The molecule has 88 valence electrons. The van der Waals surface area contributed by atoms with Crippen LogP contribution in [-0.2, 0) is 9.05 Å². The van der Waals surface area contributed by atoms with Crippen LogP contribution in [0.25, 0.3) is 11.1 Å². The SMILES string of the molecule is Cc1cnccc1-c1ccc(S(=O)(=O)Cl)cc1. The average molecular weight is 268 g/mol. The van der Waals surface area contributed by atoms with Gasteiger partial charge in [-0.3, -0.25) is 4.98 Å². The van der Waals surface area contributed by atoms with Crippen LogP contribution in [0.2, 0.25) is 0 Å². The first-order chi connectivity index (χ1) is 7.98. The molecule has 2 aromatic rings. The monoisotopic (exact) mass is 267 g/mol. The minimum atomic E-state index is -3.65. The predicted molar refractivity (Wildman–Crippen MR) is 67.4 cm³/mol. The van der Waals surface area contributed by atoms with Crippen molar-refractivity contribution in [2.75, 3.05) is 0 Å². The van der Waals surface area contributed by atoms with Gasteiger partial charge >= 0.3 is 0 Å². The molecule has 2 rings (SSSR count). The Kier molecular flexibility index (Phi) is 3.17. The zero-order chi connectivity index (χ0) is 12.5. The first kappa shape index (κ1) is 12.1. The molecule has 0 bridgehead atoms. The Labute approximate surface area is 105 Å². The predicted octanol–water partition coefficient (Wildman–Crippen LogP) is 2.98. The fourth-order valence-electron chi connectivity index (χ4n) is 1.59. The summed E-state index contributed by atoms with van der Waals surface area (Å²) < 4.78 is 22.2. The number of nitrogens with zero attached hydrogens (tertiary/aromatic N) is 1. The highest BCUT2D eigenvalue weighted by Crippen LogP contribution is 2.24. The molecule has 5 heteroatoms. The maximum atomic E-state index is 11.1. The van der Waals surface area contributed by atoms with Gasteiger partial charge in [0.25, 0.3) is 9.05 Å². The van der Waals surface area contributed by atoms with Gasteiger partial charge in [0.1, 0.15) is 0 Å². The molecule has 1 heterocycles. The van der Waals surface area contributed by atoms with Gasteiger partial charge in [-0.05, 0) is 41.8 Å². The fraction of sp³-hybridized carbons (Fsp3) is 0.0833. The van der Waals surface area contributed by atoms with Gasteiger partial charge < -0.3 is 0 Å². The van der Waals surface area contributed by atoms with Crippen molar-refractivity contribution >= 4 is 19.7 Å². The summed E-state index contributed by atoms with van der Waals surface area (Å²) in [6, 6.07) is 8.35. The lowest BCUT2D eigenvalue weighted by Crippen LogP contribution is -1.90. The molecule has 0 atom stereocenters. The van der Waals surface area contributed by atoms with Crippen LogP contribution in [0.5, 0.6) is 0 Å². The summed E-state index contributed by atoms with van der Waals surface area (Å²) in [5.41, 5.74) is 3.00. The highest BCUT2D eigenvalue weighted by Gasteiger charge is 2.09. The molecule has 0 fully saturated rings. The van der Waals surface area contributed by atoms with Gasteiger partial charge in [0.15, 0.2) is 0 Å². The second-order valence-electron chi connectivity index (χ2n) is 3.65. The van der Waals surface area contributed by atoms with Crippen molar-refractivity contribution in [3.63, 3.8) is 0 Å². The van der Waals surface area contributed by atoms with Gasteiger partial charge in [0.2, 0.25) is 0 Å². The molecule has 0 aliphatic heterocycles. The van der Waals surface area contributed by atoms with E-state index in [2.05, 4.69) is 4.98 Å². The molecule has 0 amide bonds. The average Bonchev–Trinajstić information content (AvgIpc) is 2.29. The van der Waals surface area contributed by atoms with Crippen molar-refractivity contribution in [3.8, 4) is 11.1 Å². The van der Waals surface area contributed by atoms with Crippen LogP contribution in [0.3, 0.4) is 0 Å². The smallest absolute Gasteiger partial charge is 0.261 e. The Hall–Kier alpha value is -1.39. The van der Waals surface area contributed by atoms with Crippen LogP contribution >= 0.6 is 10.7 Å². The van der Waals surface area contributed by atoms with Gasteiger partial charge in [0, 0.05) is 23.1 Å². The molecule has 0 N–H and O–H groups in total. The Morgan fingerprint density at radius 3 is 2.29 bits per heavy atom. The van der Waals surface area contributed by atoms with Gasteiger partial charge in [-0.2, -0.15) is 0 Å². The van der Waals surface area contributed by atoms with E-state index >= 15 is 0 Å². The van der Waals surface area contributed by atoms with E-state index in [4.69, 9.17) is 10.7 Å². The molecule has 0 radical (unpaired) electrons. The zero-order valence-electron chi connectivity index (χ0n) is 9.09. The molecule has 0 saturated heterocycles. The molecule has 1 aromatic carbocycles. The van der Waals surface area contributed by atoms with Crippen LogP contribution in [0.4, 0.5) is 0 Å². The summed E-state index contributed by atoms with van der Waals surface area (Å²) in [7, 11) is 1.60. The van der Waals surface area contributed by atoms with Crippen LogP contribution in [0.1, 0.15) is 5.56 Å². The Morgan fingerprint density at radius 2 is 1.76 bits per heavy atom. The number of pyridine rings is 1. The number of rotatable bonds is 2. The maximum absolute atomic E-state index is 11.1. The summed E-state index contributed by atoms with van der Waals surface area (Å²) in [6.45, 7) is 1.95. The summed E-state index contributed by atoms with van der Waals surface area (Å²) in [4.78, 5) is 4.12. The minimum Gasteiger partial charge on any atom is -0.264 e. The lowest BCUT2D eigenvalue weighted by atomic mass is 10.0. The summed E-state index contributed by atoms with van der Waals surface area (Å²) in [5.74, 6) is 0. The second kappa shape index (κ2) is 4.47.